The summed E-state index contributed by atoms with van der Waals surface area (Å²) in [6.07, 6.45) is 3.01. The highest BCUT2D eigenvalue weighted by molar-refractivity contribution is 7.93. The number of nitrogens with one attached hydrogen (secondary N) is 1. The predicted molar refractivity (Wildman–Crippen MR) is 140 cm³/mol. The third kappa shape index (κ3) is 6.20. The number of anilines is 1. The highest BCUT2D eigenvalue weighted by atomic mass is 32.2. The van der Waals surface area contributed by atoms with E-state index in [4.69, 9.17) is 14.0 Å². The second-order valence-electron chi connectivity index (χ2n) is 8.90. The Bertz CT molecular complexity index is 1500. The Hall–Kier alpha value is -3.98. The van der Waals surface area contributed by atoms with E-state index in [1.165, 1.54) is 18.6 Å². The van der Waals surface area contributed by atoms with Gasteiger partial charge in [0.05, 0.1) is 7.11 Å². The summed E-state index contributed by atoms with van der Waals surface area (Å²) in [7, 11) is -2.61. The van der Waals surface area contributed by atoms with Gasteiger partial charge in [-0.25, -0.2) is 23.4 Å². The van der Waals surface area contributed by atoms with Gasteiger partial charge in [0.2, 0.25) is 27.7 Å². The molecule has 4 aromatic heterocycles. The summed E-state index contributed by atoms with van der Waals surface area (Å²) in [6.45, 7) is 9.08. The average Bonchev–Trinajstić information content (AvgIpc) is 3.55. The molecule has 4 aromatic rings. The fourth-order valence-corrected chi connectivity index (χ4v) is 4.85. The van der Waals surface area contributed by atoms with Crippen molar-refractivity contribution in [1.82, 2.24) is 39.9 Å². The number of nitrogens with zero attached hydrogens (tertiary/aromatic N) is 8. The molecule has 14 nitrogen and oxygen atoms in total. The molecule has 208 valence electrons. The molecule has 0 saturated heterocycles. The quantitative estimate of drug-likeness (QED) is 0.270. The van der Waals surface area contributed by atoms with E-state index in [0.717, 1.165) is 5.56 Å². The first kappa shape index (κ1) is 28.0. The first-order valence-electron chi connectivity index (χ1n) is 12.3. The Morgan fingerprint density at radius 1 is 1.10 bits per heavy atom. The number of rotatable bonds is 12. The van der Waals surface area contributed by atoms with Crippen LogP contribution in [0.15, 0.2) is 35.1 Å². The van der Waals surface area contributed by atoms with Crippen LogP contribution in [0.5, 0.6) is 5.88 Å². The molecule has 3 atom stereocenters. The Morgan fingerprint density at radius 2 is 1.85 bits per heavy atom. The highest BCUT2D eigenvalue weighted by Crippen LogP contribution is 2.31. The molecule has 0 aromatic carbocycles. The van der Waals surface area contributed by atoms with Crippen molar-refractivity contribution in [2.24, 2.45) is 0 Å². The molecule has 0 fully saturated rings. The Kier molecular flexibility index (Phi) is 8.50. The van der Waals surface area contributed by atoms with Crippen LogP contribution in [-0.4, -0.2) is 67.2 Å². The lowest BCUT2D eigenvalue weighted by molar-refractivity contribution is 0.0466. The van der Waals surface area contributed by atoms with E-state index >= 15 is 0 Å². The van der Waals surface area contributed by atoms with Crippen molar-refractivity contribution in [2.45, 2.75) is 58.4 Å². The van der Waals surface area contributed by atoms with Crippen LogP contribution < -0.4 is 9.46 Å². The van der Waals surface area contributed by atoms with Crippen LogP contribution in [0.4, 0.5) is 5.95 Å². The Balaban J connectivity index is 1.74. The summed E-state index contributed by atoms with van der Waals surface area (Å²) in [4.78, 5) is 17.4. The summed E-state index contributed by atoms with van der Waals surface area (Å²) < 4.78 is 48.0. The van der Waals surface area contributed by atoms with Gasteiger partial charge < -0.3 is 14.0 Å². The maximum atomic E-state index is 13.7. The van der Waals surface area contributed by atoms with Crippen molar-refractivity contribution >= 4 is 16.0 Å². The monoisotopic (exact) mass is 557 g/mol. The van der Waals surface area contributed by atoms with Crippen LogP contribution in [0.25, 0.3) is 11.5 Å². The molecule has 0 aliphatic rings. The van der Waals surface area contributed by atoms with Gasteiger partial charge in [0.25, 0.3) is 0 Å². The van der Waals surface area contributed by atoms with Crippen LogP contribution in [0.2, 0.25) is 0 Å². The largest absolute Gasteiger partial charge is 0.481 e. The molecule has 0 bridgehead atoms. The lowest BCUT2D eigenvalue weighted by Gasteiger charge is -2.24. The van der Waals surface area contributed by atoms with Crippen molar-refractivity contribution < 1.29 is 22.4 Å². The summed E-state index contributed by atoms with van der Waals surface area (Å²) in [5.41, 5.74) is 1.25. The molecular weight excluding hydrogens is 526 g/mol. The summed E-state index contributed by atoms with van der Waals surface area (Å²) in [5, 5.41) is 11.2. The molecule has 0 amide bonds. The Morgan fingerprint density at radius 3 is 2.49 bits per heavy atom. The smallest absolute Gasteiger partial charge is 0.249 e. The number of aryl methyl sites for hydroxylation is 2. The molecule has 1 N–H and O–H groups in total. The maximum absolute atomic E-state index is 13.7. The van der Waals surface area contributed by atoms with Gasteiger partial charge in [-0.3, -0.25) is 9.29 Å². The van der Waals surface area contributed by atoms with Gasteiger partial charge in [-0.2, -0.15) is 4.98 Å². The van der Waals surface area contributed by atoms with Crippen LogP contribution >= 0.6 is 0 Å². The third-order valence-corrected chi connectivity index (χ3v) is 7.55. The molecule has 0 spiro atoms. The summed E-state index contributed by atoms with van der Waals surface area (Å²) >= 11 is 0. The minimum absolute atomic E-state index is 0.0658. The fourth-order valence-electron chi connectivity index (χ4n) is 3.75. The average molecular weight is 558 g/mol. The molecule has 0 saturated carbocycles. The van der Waals surface area contributed by atoms with Crippen molar-refractivity contribution in [3.8, 4) is 17.4 Å². The molecule has 0 unspecified atom stereocenters. The normalized spacial score (nSPS) is 14.1. The van der Waals surface area contributed by atoms with E-state index in [1.807, 2.05) is 13.8 Å². The van der Waals surface area contributed by atoms with E-state index in [-0.39, 0.29) is 23.5 Å². The van der Waals surface area contributed by atoms with Gasteiger partial charge in [-0.15, -0.1) is 10.2 Å². The molecule has 0 aliphatic carbocycles. The van der Waals surface area contributed by atoms with Crippen LogP contribution in [0.3, 0.4) is 0 Å². The molecular formula is C24H31N9O5S. The van der Waals surface area contributed by atoms with Crippen molar-refractivity contribution in [3.05, 3.63) is 53.7 Å². The molecule has 4 rings (SSSR count). The van der Waals surface area contributed by atoms with Gasteiger partial charge in [-0.1, -0.05) is 18.1 Å². The number of hydrogen-bond acceptors (Lipinski definition) is 12. The third-order valence-electron chi connectivity index (χ3n) is 5.85. The van der Waals surface area contributed by atoms with E-state index in [9.17, 15) is 8.42 Å². The first-order chi connectivity index (χ1) is 18.6. The van der Waals surface area contributed by atoms with E-state index in [1.54, 1.807) is 44.4 Å². The second kappa shape index (κ2) is 11.8. The summed E-state index contributed by atoms with van der Waals surface area (Å²) in [5.74, 6) is 1.49. The number of pyridine rings is 1. The zero-order valence-corrected chi connectivity index (χ0v) is 23.4. The van der Waals surface area contributed by atoms with Gasteiger partial charge in [-0.05, 0) is 45.7 Å². The maximum Gasteiger partial charge on any atom is 0.249 e. The van der Waals surface area contributed by atoms with Crippen molar-refractivity contribution in [3.63, 3.8) is 0 Å². The zero-order valence-electron chi connectivity index (χ0n) is 22.6. The number of aromatic nitrogens is 8. The lowest BCUT2D eigenvalue weighted by Crippen LogP contribution is -2.34. The molecule has 15 heteroatoms. The Labute approximate surface area is 226 Å². The minimum Gasteiger partial charge on any atom is -0.481 e. The molecule has 0 aliphatic heterocycles. The fraction of sp³-hybridized carbons (Fsp3) is 0.458. The van der Waals surface area contributed by atoms with Crippen LogP contribution in [0, 0.1) is 13.8 Å². The number of ether oxygens (including phenoxy) is 2. The standard InChI is InChI=1S/C24H31N9O5S/c1-7-11-37-20(21-25-12-14(2)13-26-21)16(4)39(34,35)32-24-30-29-22(18-9-8-10-19(28-18)36-6)33(24)15(3)23-27-17(5)31-38-23/h8-10,12-13,15-16,20H,7,11H2,1-6H3,(H,30,32)/t15-,16+,20-/m1/s1. The van der Waals surface area contributed by atoms with Gasteiger partial charge in [0, 0.05) is 25.1 Å². The summed E-state index contributed by atoms with van der Waals surface area (Å²) in [6, 6.07) is 4.48. The second-order valence-corrected chi connectivity index (χ2v) is 10.9. The molecule has 0 radical (unpaired) electrons. The number of hydrogen-bond donors (Lipinski definition) is 1. The molecule has 39 heavy (non-hydrogen) atoms. The van der Waals surface area contributed by atoms with Crippen LogP contribution in [-0.2, 0) is 14.8 Å². The number of methoxy groups -OCH3 is 1. The SMILES string of the molecule is CCCO[C@@H](c1ncc(C)cn1)[C@H](C)S(=O)(=O)Nc1nnc(-c2cccc(OC)n2)n1[C@H](C)c1nc(C)no1. The highest BCUT2D eigenvalue weighted by Gasteiger charge is 2.36. The topological polar surface area (TPSA) is 173 Å². The van der Waals surface area contributed by atoms with Crippen LogP contribution in [0.1, 0.15) is 62.4 Å². The van der Waals surface area contributed by atoms with Gasteiger partial charge >= 0.3 is 0 Å². The number of sulfonamides is 1. The van der Waals surface area contributed by atoms with Gasteiger partial charge in [0.15, 0.2) is 17.5 Å². The zero-order chi connectivity index (χ0) is 28.2. The lowest BCUT2D eigenvalue weighted by atomic mass is 10.2. The predicted octanol–water partition coefficient (Wildman–Crippen LogP) is 3.05. The molecule has 4 heterocycles. The van der Waals surface area contributed by atoms with E-state index < -0.39 is 27.4 Å². The van der Waals surface area contributed by atoms with E-state index in [0.29, 0.717) is 30.4 Å². The minimum atomic E-state index is -4.11. The van der Waals surface area contributed by atoms with Gasteiger partial charge in [0.1, 0.15) is 23.1 Å². The first-order valence-corrected chi connectivity index (χ1v) is 13.9. The van der Waals surface area contributed by atoms with E-state index in [2.05, 4.69) is 40.0 Å². The van der Waals surface area contributed by atoms with Crippen molar-refractivity contribution in [1.29, 1.82) is 0 Å². The van der Waals surface area contributed by atoms with Crippen molar-refractivity contribution in [2.75, 3.05) is 18.4 Å².